The zero-order chi connectivity index (χ0) is 12.4. The molecule has 0 radical (unpaired) electrons. The van der Waals surface area contributed by atoms with E-state index in [4.69, 9.17) is 17.3 Å². The maximum absolute atomic E-state index is 13.2. The molecule has 1 fully saturated rings. The molecule has 1 aromatic rings. The molecule has 1 saturated carbocycles. The van der Waals surface area contributed by atoms with E-state index in [0.717, 1.165) is 37.8 Å². The van der Waals surface area contributed by atoms with Crippen molar-refractivity contribution in [2.75, 3.05) is 0 Å². The average molecular weight is 260 g/mol. The van der Waals surface area contributed by atoms with Crippen molar-refractivity contribution in [2.45, 2.75) is 38.1 Å². The van der Waals surface area contributed by atoms with Crippen LogP contribution in [0.4, 0.5) is 8.78 Å². The van der Waals surface area contributed by atoms with Gasteiger partial charge in [0.05, 0.1) is 0 Å². The van der Waals surface area contributed by atoms with Gasteiger partial charge < -0.3 is 5.73 Å². The zero-order valence-electron chi connectivity index (χ0n) is 9.56. The van der Waals surface area contributed by atoms with Gasteiger partial charge in [0.1, 0.15) is 0 Å². The molecule has 0 aromatic heterocycles. The maximum Gasteiger partial charge on any atom is 0.160 e. The summed E-state index contributed by atoms with van der Waals surface area (Å²) >= 11 is 5.93. The van der Waals surface area contributed by atoms with Crippen molar-refractivity contribution in [1.82, 2.24) is 0 Å². The largest absolute Gasteiger partial charge is 0.324 e. The Morgan fingerprint density at radius 2 is 1.71 bits per heavy atom. The predicted octanol–water partition coefficient (Wildman–Crippen LogP) is 4.20. The van der Waals surface area contributed by atoms with E-state index in [-0.39, 0.29) is 11.1 Å². The summed E-state index contributed by atoms with van der Waals surface area (Å²) in [4.78, 5) is 0. The second kappa shape index (κ2) is 5.32. The lowest BCUT2D eigenvalue weighted by molar-refractivity contribution is 0.307. The topological polar surface area (TPSA) is 26.0 Å². The third-order valence-corrected chi connectivity index (χ3v) is 3.88. The Kier molecular flexibility index (Phi) is 4.00. The molecule has 2 rings (SSSR count). The Labute approximate surface area is 105 Å². The Morgan fingerprint density at radius 3 is 2.35 bits per heavy atom. The normalized spacial score (nSPS) is 19.3. The van der Waals surface area contributed by atoms with Crippen LogP contribution in [-0.2, 0) is 0 Å². The maximum atomic E-state index is 13.2. The number of halogens is 3. The van der Waals surface area contributed by atoms with Gasteiger partial charge in [-0.05, 0) is 36.5 Å². The summed E-state index contributed by atoms with van der Waals surface area (Å²) in [5.74, 6) is -1.48. The molecular weight excluding hydrogens is 244 g/mol. The number of hydrogen-bond donors (Lipinski definition) is 1. The minimum absolute atomic E-state index is 0.224. The second-order valence-electron chi connectivity index (χ2n) is 4.71. The highest BCUT2D eigenvalue weighted by Gasteiger charge is 2.24. The molecule has 17 heavy (non-hydrogen) atoms. The van der Waals surface area contributed by atoms with E-state index in [2.05, 4.69) is 0 Å². The second-order valence-corrected chi connectivity index (χ2v) is 5.12. The molecule has 1 unspecified atom stereocenters. The molecule has 94 valence electrons. The van der Waals surface area contributed by atoms with Gasteiger partial charge >= 0.3 is 0 Å². The van der Waals surface area contributed by atoms with Gasteiger partial charge in [-0.15, -0.1) is 0 Å². The van der Waals surface area contributed by atoms with E-state index in [1.54, 1.807) is 0 Å². The Balaban J connectivity index is 2.23. The highest BCUT2D eigenvalue weighted by Crippen LogP contribution is 2.36. The first-order valence-corrected chi connectivity index (χ1v) is 6.37. The molecule has 1 aromatic carbocycles. The molecule has 1 aliphatic rings. The van der Waals surface area contributed by atoms with Crippen LogP contribution in [0, 0.1) is 17.6 Å². The molecule has 4 heteroatoms. The fourth-order valence-corrected chi connectivity index (χ4v) is 2.82. The summed E-state index contributed by atoms with van der Waals surface area (Å²) in [5, 5.41) is 0.224. The summed E-state index contributed by atoms with van der Waals surface area (Å²) in [6, 6.07) is 1.85. The standard InChI is InChI=1S/C13H16ClF2N/c14-10-7-12(16)11(15)6-9(10)13(17)8-4-2-1-3-5-8/h6-8,13H,1-5,17H2. The molecule has 0 saturated heterocycles. The van der Waals surface area contributed by atoms with Crippen molar-refractivity contribution < 1.29 is 8.78 Å². The number of rotatable bonds is 2. The van der Waals surface area contributed by atoms with Crippen LogP contribution in [0.15, 0.2) is 12.1 Å². The zero-order valence-corrected chi connectivity index (χ0v) is 10.3. The highest BCUT2D eigenvalue weighted by atomic mass is 35.5. The van der Waals surface area contributed by atoms with E-state index in [0.29, 0.717) is 11.5 Å². The highest BCUT2D eigenvalue weighted by molar-refractivity contribution is 6.31. The molecule has 0 aliphatic heterocycles. The minimum atomic E-state index is -0.922. The predicted molar refractivity (Wildman–Crippen MR) is 64.9 cm³/mol. The minimum Gasteiger partial charge on any atom is -0.324 e. The number of nitrogens with two attached hydrogens (primary N) is 1. The van der Waals surface area contributed by atoms with Gasteiger partial charge in [0.15, 0.2) is 11.6 Å². The van der Waals surface area contributed by atoms with Crippen molar-refractivity contribution >= 4 is 11.6 Å². The van der Waals surface area contributed by atoms with Crippen LogP contribution in [0.2, 0.25) is 5.02 Å². The van der Waals surface area contributed by atoms with Crippen molar-refractivity contribution in [3.63, 3.8) is 0 Å². The van der Waals surface area contributed by atoms with E-state index in [1.165, 1.54) is 6.42 Å². The molecule has 0 amide bonds. The lowest BCUT2D eigenvalue weighted by Crippen LogP contribution is -2.24. The molecule has 1 atom stereocenters. The fraction of sp³-hybridized carbons (Fsp3) is 0.538. The summed E-state index contributed by atoms with van der Waals surface area (Å²) in [7, 11) is 0. The Bertz CT molecular complexity index is 403. The molecule has 0 bridgehead atoms. The first-order valence-electron chi connectivity index (χ1n) is 5.99. The van der Waals surface area contributed by atoms with Crippen LogP contribution < -0.4 is 5.73 Å². The van der Waals surface area contributed by atoms with Gasteiger partial charge in [0.25, 0.3) is 0 Å². The van der Waals surface area contributed by atoms with Crippen molar-refractivity contribution in [1.29, 1.82) is 0 Å². The molecule has 1 nitrogen and oxygen atoms in total. The van der Waals surface area contributed by atoms with Crippen LogP contribution in [-0.4, -0.2) is 0 Å². The van der Waals surface area contributed by atoms with E-state index in [9.17, 15) is 8.78 Å². The third kappa shape index (κ3) is 2.78. The van der Waals surface area contributed by atoms with Crippen molar-refractivity contribution in [2.24, 2.45) is 11.7 Å². The van der Waals surface area contributed by atoms with Crippen LogP contribution in [0.5, 0.6) is 0 Å². The first kappa shape index (κ1) is 12.8. The van der Waals surface area contributed by atoms with Gasteiger partial charge in [-0.1, -0.05) is 30.9 Å². The third-order valence-electron chi connectivity index (χ3n) is 3.56. The van der Waals surface area contributed by atoms with E-state index >= 15 is 0 Å². The lowest BCUT2D eigenvalue weighted by atomic mass is 9.81. The van der Waals surface area contributed by atoms with Crippen LogP contribution >= 0.6 is 11.6 Å². The monoisotopic (exact) mass is 259 g/mol. The fourth-order valence-electron chi connectivity index (χ4n) is 2.54. The smallest absolute Gasteiger partial charge is 0.160 e. The Hall–Kier alpha value is -0.670. The van der Waals surface area contributed by atoms with Crippen molar-refractivity contribution in [3.8, 4) is 0 Å². The summed E-state index contributed by atoms with van der Waals surface area (Å²) in [6.07, 6.45) is 5.61. The van der Waals surface area contributed by atoms with E-state index < -0.39 is 11.6 Å². The van der Waals surface area contributed by atoms with E-state index in [1.807, 2.05) is 0 Å². The SMILES string of the molecule is NC(c1cc(F)c(F)cc1Cl)C1CCCCC1. The first-order chi connectivity index (χ1) is 8.09. The van der Waals surface area contributed by atoms with Crippen LogP contribution in [0.25, 0.3) is 0 Å². The lowest BCUT2D eigenvalue weighted by Gasteiger charge is -2.28. The quantitative estimate of drug-likeness (QED) is 0.792. The molecule has 1 aliphatic carbocycles. The van der Waals surface area contributed by atoms with Crippen molar-refractivity contribution in [3.05, 3.63) is 34.4 Å². The Morgan fingerprint density at radius 1 is 1.12 bits per heavy atom. The van der Waals surface area contributed by atoms with Gasteiger partial charge in [0, 0.05) is 11.1 Å². The molecule has 0 spiro atoms. The molecule has 2 N–H and O–H groups in total. The van der Waals surface area contributed by atoms with Gasteiger partial charge in [-0.3, -0.25) is 0 Å². The number of hydrogen-bond acceptors (Lipinski definition) is 1. The van der Waals surface area contributed by atoms with Crippen LogP contribution in [0.3, 0.4) is 0 Å². The van der Waals surface area contributed by atoms with Crippen LogP contribution in [0.1, 0.15) is 43.7 Å². The van der Waals surface area contributed by atoms with Gasteiger partial charge in [-0.2, -0.15) is 0 Å². The van der Waals surface area contributed by atoms with Gasteiger partial charge in [0.2, 0.25) is 0 Å². The van der Waals surface area contributed by atoms with Gasteiger partial charge in [-0.25, -0.2) is 8.78 Å². The summed E-state index contributed by atoms with van der Waals surface area (Å²) in [6.45, 7) is 0. The average Bonchev–Trinajstić information content (AvgIpc) is 2.34. The summed E-state index contributed by atoms with van der Waals surface area (Å²) in [5.41, 5.74) is 6.64. The number of benzene rings is 1. The molecular formula is C13H16ClF2N. The summed E-state index contributed by atoms with van der Waals surface area (Å²) < 4.78 is 26.2. The molecule has 0 heterocycles.